The SMILES string of the molecule is O=C(NCc1cncc(N2CCCC2=O)c1)c1ccccc1F. The molecular formula is C17H16FN3O2. The molecule has 0 aliphatic carbocycles. The molecule has 0 saturated carbocycles. The average Bonchev–Trinajstić information content (AvgIpc) is 2.99. The van der Waals surface area contributed by atoms with E-state index in [1.54, 1.807) is 23.4 Å². The summed E-state index contributed by atoms with van der Waals surface area (Å²) >= 11 is 0. The van der Waals surface area contributed by atoms with Gasteiger partial charge in [0.15, 0.2) is 0 Å². The Balaban J connectivity index is 1.68. The zero-order valence-corrected chi connectivity index (χ0v) is 12.5. The van der Waals surface area contributed by atoms with E-state index in [-0.39, 0.29) is 18.0 Å². The number of aromatic nitrogens is 1. The molecule has 0 radical (unpaired) electrons. The first-order valence-corrected chi connectivity index (χ1v) is 7.42. The number of amides is 2. The standard InChI is InChI=1S/C17H16FN3O2/c18-15-5-2-1-4-14(15)17(23)20-10-12-8-13(11-19-9-12)21-7-3-6-16(21)22/h1-2,4-5,8-9,11H,3,6-7,10H2,(H,20,23). The van der Waals surface area contributed by atoms with Crippen LogP contribution in [-0.2, 0) is 11.3 Å². The maximum atomic E-state index is 13.6. The van der Waals surface area contributed by atoms with Crippen molar-refractivity contribution in [1.82, 2.24) is 10.3 Å². The molecule has 2 heterocycles. The topological polar surface area (TPSA) is 62.3 Å². The molecular weight excluding hydrogens is 297 g/mol. The summed E-state index contributed by atoms with van der Waals surface area (Å²) in [7, 11) is 0. The maximum Gasteiger partial charge on any atom is 0.254 e. The molecule has 0 spiro atoms. The molecule has 2 aromatic rings. The first kappa shape index (κ1) is 15.1. The van der Waals surface area contributed by atoms with Crippen molar-refractivity contribution in [2.75, 3.05) is 11.4 Å². The monoisotopic (exact) mass is 313 g/mol. The third-order valence-corrected chi connectivity index (χ3v) is 3.74. The van der Waals surface area contributed by atoms with Gasteiger partial charge in [0, 0.05) is 25.7 Å². The van der Waals surface area contributed by atoms with Crippen LogP contribution in [0.25, 0.3) is 0 Å². The highest BCUT2D eigenvalue weighted by atomic mass is 19.1. The van der Waals surface area contributed by atoms with Crippen LogP contribution in [0, 0.1) is 5.82 Å². The lowest BCUT2D eigenvalue weighted by atomic mass is 10.2. The fraction of sp³-hybridized carbons (Fsp3) is 0.235. The molecule has 5 nitrogen and oxygen atoms in total. The molecule has 0 atom stereocenters. The molecule has 0 bridgehead atoms. The second-order valence-electron chi connectivity index (χ2n) is 5.36. The first-order chi connectivity index (χ1) is 11.1. The molecule has 1 aliphatic heterocycles. The molecule has 1 aromatic carbocycles. The van der Waals surface area contributed by atoms with Crippen molar-refractivity contribution in [3.05, 3.63) is 59.7 Å². The van der Waals surface area contributed by atoms with Gasteiger partial charge in [0.2, 0.25) is 5.91 Å². The molecule has 0 unspecified atom stereocenters. The summed E-state index contributed by atoms with van der Waals surface area (Å²) in [4.78, 5) is 29.6. The summed E-state index contributed by atoms with van der Waals surface area (Å²) in [5.74, 6) is -0.954. The van der Waals surface area contributed by atoms with Crippen LogP contribution in [0.4, 0.5) is 10.1 Å². The Kier molecular flexibility index (Phi) is 4.32. The van der Waals surface area contributed by atoms with Crippen molar-refractivity contribution in [3.63, 3.8) is 0 Å². The molecule has 1 aromatic heterocycles. The number of hydrogen-bond donors (Lipinski definition) is 1. The summed E-state index contributed by atoms with van der Waals surface area (Å²) in [5, 5.41) is 2.66. The number of pyridine rings is 1. The number of benzene rings is 1. The van der Waals surface area contributed by atoms with E-state index in [0.717, 1.165) is 17.7 Å². The highest BCUT2D eigenvalue weighted by Gasteiger charge is 2.22. The molecule has 3 rings (SSSR count). The fourth-order valence-corrected chi connectivity index (χ4v) is 2.56. The van der Waals surface area contributed by atoms with Gasteiger partial charge in [-0.25, -0.2) is 4.39 Å². The molecule has 1 aliphatic rings. The molecule has 6 heteroatoms. The molecule has 1 fully saturated rings. The molecule has 1 N–H and O–H groups in total. The number of hydrogen-bond acceptors (Lipinski definition) is 3. The Morgan fingerprint density at radius 2 is 2.13 bits per heavy atom. The van der Waals surface area contributed by atoms with Crippen molar-refractivity contribution in [2.24, 2.45) is 0 Å². The van der Waals surface area contributed by atoms with Crippen LogP contribution in [0.2, 0.25) is 0 Å². The van der Waals surface area contributed by atoms with Crippen LogP contribution in [-0.4, -0.2) is 23.3 Å². The number of rotatable bonds is 4. The van der Waals surface area contributed by atoms with E-state index in [0.29, 0.717) is 13.0 Å². The van der Waals surface area contributed by atoms with Crippen LogP contribution in [0.3, 0.4) is 0 Å². The zero-order chi connectivity index (χ0) is 16.2. The van der Waals surface area contributed by atoms with Gasteiger partial charge in [-0.2, -0.15) is 0 Å². The molecule has 1 saturated heterocycles. The van der Waals surface area contributed by atoms with E-state index in [2.05, 4.69) is 10.3 Å². The minimum Gasteiger partial charge on any atom is -0.348 e. The predicted octanol–water partition coefficient (Wildman–Crippen LogP) is 2.28. The average molecular weight is 313 g/mol. The lowest BCUT2D eigenvalue weighted by molar-refractivity contribution is -0.117. The normalized spacial score (nSPS) is 14.1. The van der Waals surface area contributed by atoms with E-state index < -0.39 is 11.7 Å². The summed E-state index contributed by atoms with van der Waals surface area (Å²) in [6.07, 6.45) is 4.64. The van der Waals surface area contributed by atoms with Crippen molar-refractivity contribution < 1.29 is 14.0 Å². The number of anilines is 1. The van der Waals surface area contributed by atoms with Gasteiger partial charge < -0.3 is 10.2 Å². The van der Waals surface area contributed by atoms with Crippen molar-refractivity contribution in [2.45, 2.75) is 19.4 Å². The van der Waals surface area contributed by atoms with Crippen molar-refractivity contribution in [3.8, 4) is 0 Å². The van der Waals surface area contributed by atoms with Gasteiger partial charge in [0.1, 0.15) is 5.82 Å². The highest BCUT2D eigenvalue weighted by Crippen LogP contribution is 2.21. The van der Waals surface area contributed by atoms with Gasteiger partial charge in [-0.15, -0.1) is 0 Å². The van der Waals surface area contributed by atoms with Gasteiger partial charge in [-0.05, 0) is 30.2 Å². The fourth-order valence-electron chi connectivity index (χ4n) is 2.56. The quantitative estimate of drug-likeness (QED) is 0.942. The van der Waals surface area contributed by atoms with E-state index in [1.165, 1.54) is 18.2 Å². The summed E-state index contributed by atoms with van der Waals surface area (Å²) in [6.45, 7) is 0.904. The third-order valence-electron chi connectivity index (χ3n) is 3.74. The summed E-state index contributed by atoms with van der Waals surface area (Å²) < 4.78 is 13.6. The van der Waals surface area contributed by atoms with Crippen molar-refractivity contribution in [1.29, 1.82) is 0 Å². The van der Waals surface area contributed by atoms with Crippen LogP contribution in [0.15, 0.2) is 42.7 Å². The second kappa shape index (κ2) is 6.56. The van der Waals surface area contributed by atoms with Gasteiger partial charge in [0.05, 0.1) is 17.4 Å². The molecule has 2 amide bonds. The highest BCUT2D eigenvalue weighted by molar-refractivity contribution is 5.95. The van der Waals surface area contributed by atoms with E-state index in [4.69, 9.17) is 0 Å². The Hall–Kier alpha value is -2.76. The smallest absolute Gasteiger partial charge is 0.254 e. The second-order valence-corrected chi connectivity index (χ2v) is 5.36. The Morgan fingerprint density at radius 3 is 2.87 bits per heavy atom. The van der Waals surface area contributed by atoms with Gasteiger partial charge in [0.25, 0.3) is 5.91 Å². The minimum atomic E-state index is -0.556. The van der Waals surface area contributed by atoms with Crippen LogP contribution >= 0.6 is 0 Å². The Morgan fingerprint density at radius 1 is 1.30 bits per heavy atom. The summed E-state index contributed by atoms with van der Waals surface area (Å²) in [6, 6.07) is 7.64. The maximum absolute atomic E-state index is 13.6. The van der Waals surface area contributed by atoms with Crippen molar-refractivity contribution >= 4 is 17.5 Å². The first-order valence-electron chi connectivity index (χ1n) is 7.42. The molecule has 23 heavy (non-hydrogen) atoms. The number of nitrogens with zero attached hydrogens (tertiary/aromatic N) is 2. The molecule has 118 valence electrons. The van der Waals surface area contributed by atoms with E-state index >= 15 is 0 Å². The van der Waals surface area contributed by atoms with E-state index in [1.807, 2.05) is 6.07 Å². The third kappa shape index (κ3) is 3.36. The zero-order valence-electron chi connectivity index (χ0n) is 12.5. The largest absolute Gasteiger partial charge is 0.348 e. The lowest BCUT2D eigenvalue weighted by Gasteiger charge is -2.16. The Bertz CT molecular complexity index is 748. The van der Waals surface area contributed by atoms with E-state index in [9.17, 15) is 14.0 Å². The minimum absolute atomic E-state index is 0.00587. The lowest BCUT2D eigenvalue weighted by Crippen LogP contribution is -2.25. The summed E-state index contributed by atoms with van der Waals surface area (Å²) in [5.41, 5.74) is 1.49. The number of nitrogens with one attached hydrogen (secondary N) is 1. The van der Waals surface area contributed by atoms with Crippen LogP contribution in [0.5, 0.6) is 0 Å². The van der Waals surface area contributed by atoms with Gasteiger partial charge >= 0.3 is 0 Å². The van der Waals surface area contributed by atoms with Gasteiger partial charge in [-0.1, -0.05) is 12.1 Å². The number of carbonyl (C=O) groups excluding carboxylic acids is 2. The van der Waals surface area contributed by atoms with Crippen LogP contribution < -0.4 is 10.2 Å². The number of carbonyl (C=O) groups is 2. The van der Waals surface area contributed by atoms with Gasteiger partial charge in [-0.3, -0.25) is 14.6 Å². The Labute approximate surface area is 133 Å². The number of halogens is 1. The van der Waals surface area contributed by atoms with Crippen LogP contribution in [0.1, 0.15) is 28.8 Å². The predicted molar refractivity (Wildman–Crippen MR) is 83.4 cm³/mol.